The Morgan fingerprint density at radius 3 is 2.36 bits per heavy atom. The van der Waals surface area contributed by atoms with E-state index in [1.807, 2.05) is 0 Å². The van der Waals surface area contributed by atoms with Crippen molar-refractivity contribution < 1.29 is 23.1 Å². The number of amides is 1. The maximum atomic E-state index is 12.3. The lowest BCUT2D eigenvalue weighted by molar-refractivity contribution is -0.159. The quantitative estimate of drug-likeness (QED) is 0.668. The van der Waals surface area contributed by atoms with Crippen molar-refractivity contribution in [3.05, 3.63) is 34.4 Å². The summed E-state index contributed by atoms with van der Waals surface area (Å²) in [7, 11) is 0. The molecule has 138 valence electrons. The first-order chi connectivity index (χ1) is 11.9. The Balaban J connectivity index is 0.000000265. The molecule has 2 heterocycles. The Hall–Kier alpha value is -1.60. The van der Waals surface area contributed by atoms with Crippen LogP contribution in [0.1, 0.15) is 45.8 Å². The predicted molar refractivity (Wildman–Crippen MR) is 87.7 cm³/mol. The number of nitrogens with one attached hydrogen (secondary N) is 2. The Labute approximate surface area is 144 Å². The molecule has 1 aromatic carbocycles. The second kappa shape index (κ2) is 7.33. The van der Waals surface area contributed by atoms with Gasteiger partial charge in [-0.1, -0.05) is 6.07 Å². The number of rotatable bonds is 0. The molecule has 1 saturated heterocycles. The molecule has 2 aliphatic heterocycles. The van der Waals surface area contributed by atoms with Gasteiger partial charge in [0.25, 0.3) is 5.91 Å². The van der Waals surface area contributed by atoms with Crippen molar-refractivity contribution >= 4 is 5.91 Å². The molecule has 3 aliphatic rings. The molecule has 4 rings (SSSR count). The number of aliphatic hydroxyl groups excluding tert-OH is 1. The van der Waals surface area contributed by atoms with Gasteiger partial charge >= 0.3 is 6.18 Å². The minimum atomic E-state index is -4.40. The molecular formula is C18H23F3N2O2. The fourth-order valence-electron chi connectivity index (χ4n) is 3.94. The van der Waals surface area contributed by atoms with Gasteiger partial charge in [0.05, 0.1) is 0 Å². The van der Waals surface area contributed by atoms with Crippen molar-refractivity contribution in [2.75, 3.05) is 26.2 Å². The normalized spacial score (nSPS) is 24.9. The van der Waals surface area contributed by atoms with Crippen LogP contribution >= 0.6 is 0 Å². The lowest BCUT2D eigenvalue weighted by atomic mass is 9.82. The molecular weight excluding hydrogens is 333 g/mol. The number of benzene rings is 1. The summed E-state index contributed by atoms with van der Waals surface area (Å²) in [6.07, 6.45) is 0.489. The number of aryl methyl sites for hydroxylation is 2. The average Bonchev–Trinajstić information content (AvgIpc) is 3.02. The van der Waals surface area contributed by atoms with E-state index >= 15 is 0 Å². The summed E-state index contributed by atoms with van der Waals surface area (Å²) < 4.78 is 31.6. The third-order valence-corrected chi connectivity index (χ3v) is 5.20. The smallest absolute Gasteiger partial charge is 0.387 e. The van der Waals surface area contributed by atoms with Crippen molar-refractivity contribution in [3.8, 4) is 0 Å². The van der Waals surface area contributed by atoms with Crippen molar-refractivity contribution in [2.45, 2.75) is 37.8 Å². The van der Waals surface area contributed by atoms with E-state index in [0.717, 1.165) is 31.6 Å². The Morgan fingerprint density at radius 2 is 1.72 bits per heavy atom. The van der Waals surface area contributed by atoms with Crippen molar-refractivity contribution in [2.24, 2.45) is 5.92 Å². The third kappa shape index (κ3) is 4.15. The number of halogens is 3. The molecule has 1 aliphatic carbocycles. The van der Waals surface area contributed by atoms with Crippen LogP contribution in [0, 0.1) is 5.92 Å². The maximum Gasteiger partial charge on any atom is 0.411 e. The van der Waals surface area contributed by atoms with Gasteiger partial charge in [0.2, 0.25) is 0 Å². The predicted octanol–water partition coefficient (Wildman–Crippen LogP) is 2.15. The highest BCUT2D eigenvalue weighted by molar-refractivity contribution is 5.96. The molecule has 1 fully saturated rings. The van der Waals surface area contributed by atoms with Gasteiger partial charge in [-0.25, -0.2) is 0 Å². The molecule has 3 N–H and O–H groups in total. The van der Waals surface area contributed by atoms with Crippen LogP contribution in [0.4, 0.5) is 13.2 Å². The number of hydrogen-bond donors (Lipinski definition) is 3. The van der Waals surface area contributed by atoms with E-state index in [9.17, 15) is 18.0 Å². The van der Waals surface area contributed by atoms with E-state index < -0.39 is 12.8 Å². The minimum Gasteiger partial charge on any atom is -0.387 e. The molecule has 0 spiro atoms. The van der Waals surface area contributed by atoms with Crippen LogP contribution in [0.3, 0.4) is 0 Å². The van der Waals surface area contributed by atoms with Gasteiger partial charge in [-0.3, -0.25) is 4.79 Å². The molecule has 4 nitrogen and oxygen atoms in total. The summed E-state index contributed by atoms with van der Waals surface area (Å²) in [6, 6.07) is 4.53. The Morgan fingerprint density at radius 1 is 1.08 bits per heavy atom. The first-order valence-electron chi connectivity index (χ1n) is 8.71. The van der Waals surface area contributed by atoms with Gasteiger partial charge < -0.3 is 15.7 Å². The van der Waals surface area contributed by atoms with Crippen LogP contribution < -0.4 is 10.6 Å². The first kappa shape index (κ1) is 18.2. The van der Waals surface area contributed by atoms with E-state index in [2.05, 4.69) is 22.8 Å². The van der Waals surface area contributed by atoms with Gasteiger partial charge in [-0.15, -0.1) is 0 Å². The number of hydrogen-bond acceptors (Lipinski definition) is 3. The largest absolute Gasteiger partial charge is 0.411 e. The highest BCUT2D eigenvalue weighted by Crippen LogP contribution is 2.35. The van der Waals surface area contributed by atoms with Crippen LogP contribution in [0.2, 0.25) is 0 Å². The summed E-state index contributed by atoms with van der Waals surface area (Å²) in [5.41, 5.74) is 5.14. The second-order valence-corrected chi connectivity index (χ2v) is 6.92. The third-order valence-electron chi connectivity index (χ3n) is 5.20. The van der Waals surface area contributed by atoms with Crippen LogP contribution in [0.25, 0.3) is 0 Å². The van der Waals surface area contributed by atoms with E-state index in [1.54, 1.807) is 0 Å². The zero-order valence-corrected chi connectivity index (χ0v) is 14.0. The van der Waals surface area contributed by atoms with E-state index in [-0.39, 0.29) is 5.91 Å². The molecule has 7 heteroatoms. The maximum absolute atomic E-state index is 12.3. The monoisotopic (exact) mass is 356 g/mol. The fourth-order valence-corrected chi connectivity index (χ4v) is 3.94. The Kier molecular flexibility index (Phi) is 5.34. The molecule has 0 bridgehead atoms. The van der Waals surface area contributed by atoms with Crippen LogP contribution in [-0.2, 0) is 12.8 Å². The summed E-state index contributed by atoms with van der Waals surface area (Å²) >= 11 is 0. The molecule has 2 atom stereocenters. The van der Waals surface area contributed by atoms with Crippen molar-refractivity contribution in [3.63, 3.8) is 0 Å². The topological polar surface area (TPSA) is 61.4 Å². The van der Waals surface area contributed by atoms with Gasteiger partial charge in [0, 0.05) is 31.1 Å². The summed E-state index contributed by atoms with van der Waals surface area (Å²) in [5.74, 6) is 1.21. The van der Waals surface area contributed by atoms with Gasteiger partial charge in [-0.05, 0) is 54.4 Å². The number of fused-ring (bicyclic) bond motifs is 4. The highest BCUT2D eigenvalue weighted by atomic mass is 19.4. The number of aliphatic hydroxyl groups is 1. The van der Waals surface area contributed by atoms with Crippen molar-refractivity contribution in [1.82, 2.24) is 10.6 Å². The minimum absolute atomic E-state index is 0.137. The number of carbonyl (C=O) groups is 1. The molecule has 0 radical (unpaired) electrons. The first-order valence-corrected chi connectivity index (χ1v) is 8.71. The summed E-state index contributed by atoms with van der Waals surface area (Å²) in [5, 5.41) is 13.9. The number of carbonyl (C=O) groups excluding carboxylic acids is 1. The van der Waals surface area contributed by atoms with Gasteiger partial charge in [0.1, 0.15) is 6.61 Å². The van der Waals surface area contributed by atoms with Crippen molar-refractivity contribution in [1.29, 1.82) is 0 Å². The second-order valence-electron chi connectivity index (χ2n) is 6.92. The summed E-state index contributed by atoms with van der Waals surface area (Å²) in [6.45, 7) is 1.13. The van der Waals surface area contributed by atoms with Crippen LogP contribution in [0.5, 0.6) is 0 Å². The highest BCUT2D eigenvalue weighted by Gasteiger charge is 2.35. The van der Waals surface area contributed by atoms with Crippen LogP contribution in [-0.4, -0.2) is 43.4 Å². The molecule has 25 heavy (non-hydrogen) atoms. The Bertz CT molecular complexity index is 646. The standard InChI is InChI=1S/C16H20N2O.C2H3F3O/c19-16-14-6-11-4-2-1-3-10(11)5-13(14)15-9-17-7-12(15)8-18-16;3-2(4,5)1-6/h5-6,12,15,17H,1-4,7-9H2,(H,18,19);6H,1H2/t12-,15+;/m0./s1. The average molecular weight is 356 g/mol. The molecule has 1 amide bonds. The summed E-state index contributed by atoms with van der Waals surface area (Å²) in [4.78, 5) is 12.3. The van der Waals surface area contributed by atoms with E-state index in [4.69, 9.17) is 5.11 Å². The molecule has 0 saturated carbocycles. The molecule has 0 aromatic heterocycles. The lowest BCUT2D eigenvalue weighted by Crippen LogP contribution is -2.28. The molecule has 1 aromatic rings. The molecule has 0 unspecified atom stereocenters. The SMILES string of the molecule is O=C1NC[C@@H]2CNC[C@H]2c2cc3c(cc21)CCCC3.OCC(F)(F)F. The lowest BCUT2D eigenvalue weighted by Gasteiger charge is -2.21. The van der Waals surface area contributed by atoms with Crippen LogP contribution in [0.15, 0.2) is 12.1 Å². The zero-order valence-electron chi connectivity index (χ0n) is 14.0. The zero-order chi connectivity index (χ0) is 18.0. The van der Waals surface area contributed by atoms with Gasteiger partial charge in [0.15, 0.2) is 0 Å². The fraction of sp³-hybridized carbons (Fsp3) is 0.611. The van der Waals surface area contributed by atoms with E-state index in [0.29, 0.717) is 11.8 Å². The van der Waals surface area contributed by atoms with E-state index in [1.165, 1.54) is 36.0 Å². The van der Waals surface area contributed by atoms with Gasteiger partial charge in [-0.2, -0.15) is 13.2 Å². The number of alkyl halides is 3.